The second-order valence-corrected chi connectivity index (χ2v) is 7.36. The van der Waals surface area contributed by atoms with Crippen LogP contribution in [0.2, 0.25) is 0 Å². The topological polar surface area (TPSA) is 85.3 Å². The van der Waals surface area contributed by atoms with E-state index in [0.717, 1.165) is 28.1 Å². The van der Waals surface area contributed by atoms with Gasteiger partial charge < -0.3 is 9.73 Å². The lowest BCUT2D eigenvalue weighted by atomic mass is 10.2. The number of rotatable bonds is 5. The van der Waals surface area contributed by atoms with Gasteiger partial charge in [0.1, 0.15) is 11.3 Å². The number of aromatic nitrogens is 4. The van der Waals surface area contributed by atoms with Gasteiger partial charge in [0, 0.05) is 16.8 Å². The standard InChI is InChI=1S/C19H19N5O2S/c1-11-8-12(2)24-18(20-11)22-23-19(24)27-10-17(25)21-13(3)16-9-14-6-4-5-7-15(14)26-16/h4-9,13H,10H2,1-3H3,(H,21,25)/t13-/m0/s1. The maximum atomic E-state index is 12.4. The van der Waals surface area contributed by atoms with Gasteiger partial charge in [-0.05, 0) is 39.0 Å². The molecule has 4 rings (SSSR count). The molecule has 1 atom stereocenters. The molecule has 138 valence electrons. The van der Waals surface area contributed by atoms with Crippen LogP contribution in [0.4, 0.5) is 0 Å². The molecule has 1 aromatic carbocycles. The van der Waals surface area contributed by atoms with E-state index in [2.05, 4.69) is 20.5 Å². The molecule has 3 heterocycles. The number of nitrogens with one attached hydrogen (secondary N) is 1. The minimum Gasteiger partial charge on any atom is -0.459 e. The number of benzene rings is 1. The first kappa shape index (κ1) is 17.5. The van der Waals surface area contributed by atoms with Crippen LogP contribution in [0, 0.1) is 13.8 Å². The maximum absolute atomic E-state index is 12.4. The monoisotopic (exact) mass is 381 g/mol. The zero-order valence-electron chi connectivity index (χ0n) is 15.3. The molecule has 0 aliphatic carbocycles. The van der Waals surface area contributed by atoms with E-state index < -0.39 is 0 Å². The second kappa shape index (κ2) is 7.03. The van der Waals surface area contributed by atoms with Crippen LogP contribution >= 0.6 is 11.8 Å². The highest BCUT2D eigenvalue weighted by atomic mass is 32.2. The number of fused-ring (bicyclic) bond motifs is 2. The molecule has 0 aliphatic heterocycles. The Balaban J connectivity index is 1.42. The van der Waals surface area contributed by atoms with Crippen molar-refractivity contribution in [3.63, 3.8) is 0 Å². The van der Waals surface area contributed by atoms with Crippen molar-refractivity contribution in [2.75, 3.05) is 5.75 Å². The molecule has 0 radical (unpaired) electrons. The summed E-state index contributed by atoms with van der Waals surface area (Å²) < 4.78 is 7.66. The Bertz CT molecular complexity index is 1100. The largest absolute Gasteiger partial charge is 0.459 e. The predicted molar refractivity (Wildman–Crippen MR) is 104 cm³/mol. The number of amides is 1. The molecule has 0 fully saturated rings. The van der Waals surface area contributed by atoms with Crippen LogP contribution in [0.25, 0.3) is 16.7 Å². The van der Waals surface area contributed by atoms with Gasteiger partial charge in [-0.2, -0.15) is 0 Å². The number of hydrogen-bond acceptors (Lipinski definition) is 6. The van der Waals surface area contributed by atoms with E-state index in [1.807, 2.05) is 61.6 Å². The van der Waals surface area contributed by atoms with Crippen LogP contribution in [-0.2, 0) is 4.79 Å². The number of nitrogens with zero attached hydrogens (tertiary/aromatic N) is 4. The Morgan fingerprint density at radius 2 is 2.07 bits per heavy atom. The SMILES string of the molecule is Cc1cc(C)n2c(SCC(=O)N[C@@H](C)c3cc4ccccc4o3)nnc2n1. The van der Waals surface area contributed by atoms with Crippen molar-refractivity contribution in [3.8, 4) is 0 Å². The van der Waals surface area contributed by atoms with E-state index in [-0.39, 0.29) is 17.7 Å². The van der Waals surface area contributed by atoms with E-state index in [1.165, 1.54) is 11.8 Å². The summed E-state index contributed by atoms with van der Waals surface area (Å²) in [4.78, 5) is 16.7. The molecule has 0 unspecified atom stereocenters. The van der Waals surface area contributed by atoms with E-state index >= 15 is 0 Å². The molecule has 8 heteroatoms. The van der Waals surface area contributed by atoms with E-state index in [9.17, 15) is 4.79 Å². The molecule has 7 nitrogen and oxygen atoms in total. The summed E-state index contributed by atoms with van der Waals surface area (Å²) >= 11 is 1.33. The minimum atomic E-state index is -0.216. The van der Waals surface area contributed by atoms with Gasteiger partial charge in [0.25, 0.3) is 5.78 Å². The highest BCUT2D eigenvalue weighted by Crippen LogP contribution is 2.24. The number of aryl methyl sites for hydroxylation is 2. The van der Waals surface area contributed by atoms with Gasteiger partial charge in [0.15, 0.2) is 5.16 Å². The van der Waals surface area contributed by atoms with Crippen LogP contribution < -0.4 is 5.32 Å². The molecule has 0 aliphatic rings. The lowest BCUT2D eigenvalue weighted by Gasteiger charge is -2.11. The average molecular weight is 381 g/mol. The van der Waals surface area contributed by atoms with Gasteiger partial charge in [0.05, 0.1) is 11.8 Å². The van der Waals surface area contributed by atoms with Gasteiger partial charge in [-0.1, -0.05) is 30.0 Å². The Hall–Kier alpha value is -2.87. The van der Waals surface area contributed by atoms with Crippen molar-refractivity contribution < 1.29 is 9.21 Å². The quantitative estimate of drug-likeness (QED) is 0.533. The Morgan fingerprint density at radius 1 is 1.26 bits per heavy atom. The van der Waals surface area contributed by atoms with Gasteiger partial charge in [0.2, 0.25) is 5.91 Å². The van der Waals surface area contributed by atoms with Crippen LogP contribution in [0.5, 0.6) is 0 Å². The zero-order valence-corrected chi connectivity index (χ0v) is 16.1. The molecule has 27 heavy (non-hydrogen) atoms. The number of hydrogen-bond donors (Lipinski definition) is 1. The predicted octanol–water partition coefficient (Wildman–Crippen LogP) is 3.46. The van der Waals surface area contributed by atoms with Crippen molar-refractivity contribution in [3.05, 3.63) is 53.5 Å². The number of carbonyl (C=O) groups excluding carboxylic acids is 1. The zero-order chi connectivity index (χ0) is 19.0. The molecular formula is C19H19N5O2S. The van der Waals surface area contributed by atoms with E-state index in [1.54, 1.807) is 0 Å². The highest BCUT2D eigenvalue weighted by Gasteiger charge is 2.16. The molecule has 1 amide bonds. The summed E-state index contributed by atoms with van der Waals surface area (Å²) in [6.45, 7) is 5.80. The number of furan rings is 1. The number of para-hydroxylation sites is 1. The summed E-state index contributed by atoms with van der Waals surface area (Å²) in [5.74, 6) is 1.42. The smallest absolute Gasteiger partial charge is 0.256 e. The maximum Gasteiger partial charge on any atom is 0.256 e. The summed E-state index contributed by atoms with van der Waals surface area (Å²) in [6.07, 6.45) is 0. The van der Waals surface area contributed by atoms with E-state index in [4.69, 9.17) is 4.42 Å². The summed E-state index contributed by atoms with van der Waals surface area (Å²) in [5.41, 5.74) is 2.69. The van der Waals surface area contributed by atoms with Crippen LogP contribution in [0.15, 0.2) is 46.0 Å². The molecule has 0 saturated heterocycles. The first-order valence-corrected chi connectivity index (χ1v) is 9.60. The molecule has 4 aromatic rings. The first-order chi connectivity index (χ1) is 13.0. The third-order valence-electron chi connectivity index (χ3n) is 4.24. The van der Waals surface area contributed by atoms with Crippen LogP contribution in [0.1, 0.15) is 30.1 Å². The van der Waals surface area contributed by atoms with Gasteiger partial charge in [-0.25, -0.2) is 4.98 Å². The van der Waals surface area contributed by atoms with Gasteiger partial charge in [-0.3, -0.25) is 9.20 Å². The first-order valence-electron chi connectivity index (χ1n) is 8.61. The summed E-state index contributed by atoms with van der Waals surface area (Å²) in [7, 11) is 0. The Morgan fingerprint density at radius 3 is 2.89 bits per heavy atom. The minimum absolute atomic E-state index is 0.0950. The normalized spacial score (nSPS) is 12.6. The molecule has 0 bridgehead atoms. The van der Waals surface area contributed by atoms with Crippen LogP contribution in [-0.4, -0.2) is 31.2 Å². The third-order valence-corrected chi connectivity index (χ3v) is 5.17. The molecule has 0 saturated carbocycles. The molecule has 3 aromatic heterocycles. The number of carbonyl (C=O) groups is 1. The summed E-state index contributed by atoms with van der Waals surface area (Å²) in [6, 6.07) is 11.5. The molecular weight excluding hydrogens is 362 g/mol. The second-order valence-electron chi connectivity index (χ2n) is 6.42. The fourth-order valence-corrected chi connectivity index (χ4v) is 3.79. The third kappa shape index (κ3) is 3.52. The van der Waals surface area contributed by atoms with Crippen molar-refractivity contribution in [1.29, 1.82) is 0 Å². The molecule has 0 spiro atoms. The summed E-state index contributed by atoms with van der Waals surface area (Å²) in [5, 5.41) is 12.9. The number of thioether (sulfide) groups is 1. The van der Waals surface area contributed by atoms with Crippen molar-refractivity contribution in [2.45, 2.75) is 32.0 Å². The van der Waals surface area contributed by atoms with Crippen molar-refractivity contribution >= 4 is 34.4 Å². The average Bonchev–Trinajstić information content (AvgIpc) is 3.23. The molecule has 1 N–H and O–H groups in total. The lowest BCUT2D eigenvalue weighted by molar-refractivity contribution is -0.119. The highest BCUT2D eigenvalue weighted by molar-refractivity contribution is 7.99. The lowest BCUT2D eigenvalue weighted by Crippen LogP contribution is -2.28. The Labute approximate surface area is 160 Å². The van der Waals surface area contributed by atoms with Gasteiger partial charge in [-0.15, -0.1) is 10.2 Å². The fourth-order valence-electron chi connectivity index (χ4n) is 2.99. The van der Waals surface area contributed by atoms with Gasteiger partial charge >= 0.3 is 0 Å². The van der Waals surface area contributed by atoms with Crippen molar-refractivity contribution in [1.82, 2.24) is 24.9 Å². The van der Waals surface area contributed by atoms with Crippen molar-refractivity contribution in [2.24, 2.45) is 0 Å². The van der Waals surface area contributed by atoms with Crippen LogP contribution in [0.3, 0.4) is 0 Å². The van der Waals surface area contributed by atoms with E-state index in [0.29, 0.717) is 10.9 Å². The Kier molecular flexibility index (Phi) is 4.57. The fraction of sp³-hybridized carbons (Fsp3) is 0.263.